The van der Waals surface area contributed by atoms with Crippen molar-refractivity contribution in [2.24, 2.45) is 4.99 Å². The van der Waals surface area contributed by atoms with E-state index in [9.17, 15) is 19.7 Å². The van der Waals surface area contributed by atoms with E-state index in [1.54, 1.807) is 54.6 Å². The zero-order valence-electron chi connectivity index (χ0n) is 18.3. The molecule has 0 radical (unpaired) electrons. The number of hydrogen-bond donors (Lipinski definition) is 1. The van der Waals surface area contributed by atoms with Crippen molar-refractivity contribution in [1.29, 1.82) is 0 Å². The molecule has 34 heavy (non-hydrogen) atoms. The van der Waals surface area contributed by atoms with E-state index in [1.807, 2.05) is 0 Å². The van der Waals surface area contributed by atoms with Crippen LogP contribution in [0.4, 0.5) is 11.4 Å². The first-order valence-corrected chi connectivity index (χ1v) is 10.7. The number of amides is 2. The molecule has 2 amide bonds. The van der Waals surface area contributed by atoms with E-state index < -0.39 is 16.7 Å². The van der Waals surface area contributed by atoms with Crippen LogP contribution in [0.5, 0.6) is 11.5 Å². The fourth-order valence-electron chi connectivity index (χ4n) is 3.08. The first-order chi connectivity index (χ1) is 16.3. The van der Waals surface area contributed by atoms with Crippen molar-refractivity contribution < 1.29 is 24.0 Å². The Bertz CT molecular complexity index is 1240. The molecule has 0 aliphatic carbocycles. The van der Waals surface area contributed by atoms with Gasteiger partial charge in [0.15, 0.2) is 11.5 Å². The summed E-state index contributed by atoms with van der Waals surface area (Å²) in [5.41, 5.74) is 0.377. The number of ether oxygens (including phenoxy) is 2. The molecule has 0 bridgehead atoms. The van der Waals surface area contributed by atoms with Crippen LogP contribution in [0.3, 0.4) is 0 Å². The lowest BCUT2D eigenvalue weighted by Gasteiger charge is -2.12. The Kier molecular flexibility index (Phi) is 8.10. The second kappa shape index (κ2) is 11.2. The van der Waals surface area contributed by atoms with Crippen molar-refractivity contribution in [3.63, 3.8) is 0 Å². The maximum Gasteiger partial charge on any atom is 0.277 e. The molecule has 3 aromatic rings. The summed E-state index contributed by atoms with van der Waals surface area (Å²) < 4.78 is 11.2. The van der Waals surface area contributed by atoms with Gasteiger partial charge in [-0.3, -0.25) is 19.7 Å². The normalized spacial score (nSPS) is 11.0. The number of anilines is 1. The average molecular weight is 526 g/mol. The van der Waals surface area contributed by atoms with E-state index in [1.165, 1.54) is 26.4 Å². The van der Waals surface area contributed by atoms with Crippen LogP contribution in [0.2, 0.25) is 0 Å². The highest BCUT2D eigenvalue weighted by Crippen LogP contribution is 2.35. The number of aliphatic imine (C=N–C) groups is 1. The molecule has 0 heterocycles. The zero-order valence-corrected chi connectivity index (χ0v) is 19.9. The lowest BCUT2D eigenvalue weighted by atomic mass is 10.0. The number of nitro groups is 1. The molecule has 1 N–H and O–H groups in total. The molecule has 0 saturated heterocycles. The molecular formula is C24H20BrN3O6. The molecule has 0 spiro atoms. The average Bonchev–Trinajstić information content (AvgIpc) is 2.84. The predicted octanol–water partition coefficient (Wildman–Crippen LogP) is 4.84. The minimum atomic E-state index is -0.671. The highest BCUT2D eigenvalue weighted by Gasteiger charge is 2.24. The maximum atomic E-state index is 13.1. The highest BCUT2D eigenvalue weighted by atomic mass is 79.9. The summed E-state index contributed by atoms with van der Waals surface area (Å²) in [6.07, 6.45) is -0.294. The maximum absolute atomic E-state index is 13.1. The van der Waals surface area contributed by atoms with Crippen molar-refractivity contribution in [2.45, 2.75) is 6.42 Å². The van der Waals surface area contributed by atoms with E-state index in [4.69, 9.17) is 9.47 Å². The van der Waals surface area contributed by atoms with Crippen LogP contribution in [0.15, 0.2) is 76.2 Å². The number of benzene rings is 3. The van der Waals surface area contributed by atoms with Gasteiger partial charge in [-0.1, -0.05) is 34.1 Å². The molecule has 10 heteroatoms. The van der Waals surface area contributed by atoms with Gasteiger partial charge in [0.05, 0.1) is 25.2 Å². The number of hydrogen-bond acceptors (Lipinski definition) is 6. The van der Waals surface area contributed by atoms with Crippen LogP contribution in [0.1, 0.15) is 15.9 Å². The van der Waals surface area contributed by atoms with E-state index in [0.717, 1.165) is 4.47 Å². The number of nitrogens with zero attached hydrogens (tertiary/aromatic N) is 2. The number of rotatable bonds is 8. The quantitative estimate of drug-likeness (QED) is 0.255. The van der Waals surface area contributed by atoms with Gasteiger partial charge in [-0.05, 0) is 42.5 Å². The van der Waals surface area contributed by atoms with Crippen molar-refractivity contribution in [1.82, 2.24) is 0 Å². The molecule has 174 valence electrons. The van der Waals surface area contributed by atoms with Crippen LogP contribution in [0, 0.1) is 10.1 Å². The minimum absolute atomic E-state index is 0.133. The summed E-state index contributed by atoms with van der Waals surface area (Å²) in [5.74, 6) is -0.915. The van der Waals surface area contributed by atoms with Gasteiger partial charge in [-0.15, -0.1) is 0 Å². The summed E-state index contributed by atoms with van der Waals surface area (Å²) in [6.45, 7) is 0. The predicted molar refractivity (Wildman–Crippen MR) is 131 cm³/mol. The molecule has 0 unspecified atom stereocenters. The topological polar surface area (TPSA) is 120 Å². The van der Waals surface area contributed by atoms with Gasteiger partial charge in [0.25, 0.3) is 17.5 Å². The number of nitrogens with one attached hydrogen (secondary N) is 1. The molecule has 0 aliphatic rings. The second-order valence-corrected chi connectivity index (χ2v) is 7.88. The Balaban J connectivity index is 2.04. The third kappa shape index (κ3) is 6.04. The van der Waals surface area contributed by atoms with Gasteiger partial charge >= 0.3 is 0 Å². The molecule has 0 fully saturated rings. The van der Waals surface area contributed by atoms with Crippen molar-refractivity contribution in [3.05, 3.63) is 92.4 Å². The number of halogens is 1. The molecule has 3 aromatic carbocycles. The van der Waals surface area contributed by atoms with Gasteiger partial charge < -0.3 is 14.8 Å². The Morgan fingerprint density at radius 1 is 1.00 bits per heavy atom. The van der Waals surface area contributed by atoms with E-state index in [-0.39, 0.29) is 40.4 Å². The third-order valence-electron chi connectivity index (χ3n) is 4.76. The summed E-state index contributed by atoms with van der Waals surface area (Å²) in [7, 11) is 2.75. The number of methoxy groups -OCH3 is 2. The third-order valence-corrected chi connectivity index (χ3v) is 5.29. The van der Waals surface area contributed by atoms with Gasteiger partial charge in [0.1, 0.15) is 5.71 Å². The second-order valence-electron chi connectivity index (χ2n) is 6.96. The molecule has 3 rings (SSSR count). The SMILES string of the molecule is COc1cc(CC(=NC(=O)c2ccccc2)C(=O)Nc2ccc(Br)cc2)c([N+](=O)[O-])cc1OC. The molecule has 0 aliphatic heterocycles. The first-order valence-electron chi connectivity index (χ1n) is 9.95. The van der Waals surface area contributed by atoms with Crippen LogP contribution < -0.4 is 14.8 Å². The van der Waals surface area contributed by atoms with Crippen LogP contribution in [-0.2, 0) is 11.2 Å². The standard InChI is InChI=1S/C24H20BrN3O6/c1-33-21-13-16(20(28(31)32)14-22(21)34-2)12-19(27-23(29)15-6-4-3-5-7-15)24(30)26-18-10-8-17(25)9-11-18/h3-11,13-14H,12H2,1-2H3,(H,26,30). The van der Waals surface area contributed by atoms with Gasteiger partial charge in [-0.25, -0.2) is 4.99 Å². The van der Waals surface area contributed by atoms with E-state index >= 15 is 0 Å². The van der Waals surface area contributed by atoms with Gasteiger partial charge in [0.2, 0.25) is 0 Å². The fourth-order valence-corrected chi connectivity index (χ4v) is 3.34. The molecular weight excluding hydrogens is 506 g/mol. The molecule has 9 nitrogen and oxygen atoms in total. The van der Waals surface area contributed by atoms with Crippen LogP contribution in [-0.4, -0.2) is 36.7 Å². The summed E-state index contributed by atoms with van der Waals surface area (Å²) in [6, 6.07) is 17.6. The molecule has 0 atom stereocenters. The van der Waals surface area contributed by atoms with Crippen LogP contribution >= 0.6 is 15.9 Å². The smallest absolute Gasteiger partial charge is 0.277 e. The number of carbonyl (C=O) groups is 2. The lowest BCUT2D eigenvalue weighted by Crippen LogP contribution is -2.26. The summed E-state index contributed by atoms with van der Waals surface area (Å²) >= 11 is 3.32. The summed E-state index contributed by atoms with van der Waals surface area (Å²) in [5, 5.41) is 14.4. The van der Waals surface area contributed by atoms with Crippen molar-refractivity contribution in [2.75, 3.05) is 19.5 Å². The Hall–Kier alpha value is -4.05. The van der Waals surface area contributed by atoms with Crippen molar-refractivity contribution >= 4 is 44.8 Å². The van der Waals surface area contributed by atoms with Crippen LogP contribution in [0.25, 0.3) is 0 Å². The number of nitro benzene ring substituents is 1. The van der Waals surface area contributed by atoms with E-state index in [0.29, 0.717) is 5.69 Å². The lowest BCUT2D eigenvalue weighted by molar-refractivity contribution is -0.385. The Morgan fingerprint density at radius 2 is 1.62 bits per heavy atom. The van der Waals surface area contributed by atoms with Gasteiger partial charge in [-0.2, -0.15) is 0 Å². The number of carbonyl (C=O) groups excluding carboxylic acids is 2. The zero-order chi connectivity index (χ0) is 24.7. The largest absolute Gasteiger partial charge is 0.493 e. The van der Waals surface area contributed by atoms with Gasteiger partial charge in [0, 0.05) is 27.7 Å². The highest BCUT2D eigenvalue weighted by molar-refractivity contribution is 9.10. The summed E-state index contributed by atoms with van der Waals surface area (Å²) in [4.78, 5) is 41.0. The minimum Gasteiger partial charge on any atom is -0.493 e. The Morgan fingerprint density at radius 3 is 2.21 bits per heavy atom. The monoisotopic (exact) mass is 525 g/mol. The van der Waals surface area contributed by atoms with E-state index in [2.05, 4.69) is 26.2 Å². The van der Waals surface area contributed by atoms with Crippen molar-refractivity contribution in [3.8, 4) is 11.5 Å². The Labute approximate surface area is 203 Å². The first kappa shape index (κ1) is 24.6. The molecule has 0 aromatic heterocycles. The fraction of sp³-hybridized carbons (Fsp3) is 0.125. The molecule has 0 saturated carbocycles.